The molecule has 0 radical (unpaired) electrons. The van der Waals surface area contributed by atoms with E-state index in [4.69, 9.17) is 10.8 Å². The number of carboxylic acid groups (broad SMARTS) is 1. The van der Waals surface area contributed by atoms with Crippen molar-refractivity contribution < 1.29 is 18.7 Å². The number of carbonyl (C=O) groups is 1. The van der Waals surface area contributed by atoms with Gasteiger partial charge in [-0.3, -0.25) is 0 Å². The number of rotatable bonds is 2. The van der Waals surface area contributed by atoms with Gasteiger partial charge in [0.2, 0.25) is 0 Å². The third kappa shape index (κ3) is 1.90. The molecule has 0 saturated heterocycles. The van der Waals surface area contributed by atoms with Crippen LogP contribution in [0, 0.1) is 0 Å². The standard InChI is InChI=1S/C7H6F2N2O2/c8-5(9)3-1-4(7(12)13)6(10)11-2-3/h1-2,5H,(H2,10,11)(H,12,13). The number of nitrogen functional groups attached to an aromatic ring is 1. The fraction of sp³-hybridized carbons (Fsp3) is 0.143. The van der Waals surface area contributed by atoms with Gasteiger partial charge in [0, 0.05) is 11.8 Å². The van der Waals surface area contributed by atoms with Crippen LogP contribution >= 0.6 is 0 Å². The Kier molecular flexibility index (Phi) is 2.41. The summed E-state index contributed by atoms with van der Waals surface area (Å²) in [5.41, 5.74) is 4.30. The molecule has 0 aliphatic carbocycles. The number of nitrogens with two attached hydrogens (primary N) is 1. The second-order valence-electron chi connectivity index (χ2n) is 2.31. The molecule has 70 valence electrons. The molecule has 6 heteroatoms. The number of pyridine rings is 1. The zero-order valence-electron chi connectivity index (χ0n) is 6.37. The van der Waals surface area contributed by atoms with Gasteiger partial charge in [0.25, 0.3) is 6.43 Å². The Morgan fingerprint density at radius 3 is 2.69 bits per heavy atom. The maximum absolute atomic E-state index is 12.1. The number of alkyl halides is 2. The Morgan fingerprint density at radius 1 is 1.62 bits per heavy atom. The molecule has 1 aromatic rings. The van der Waals surface area contributed by atoms with Gasteiger partial charge in [-0.25, -0.2) is 18.6 Å². The van der Waals surface area contributed by atoms with Gasteiger partial charge in [0.1, 0.15) is 11.4 Å². The fourth-order valence-electron chi connectivity index (χ4n) is 0.782. The first kappa shape index (κ1) is 9.37. The van der Waals surface area contributed by atoms with E-state index in [9.17, 15) is 13.6 Å². The maximum Gasteiger partial charge on any atom is 0.339 e. The SMILES string of the molecule is Nc1ncc(C(F)F)cc1C(=O)O. The Bertz CT molecular complexity index is 341. The van der Waals surface area contributed by atoms with Crippen molar-refractivity contribution >= 4 is 11.8 Å². The van der Waals surface area contributed by atoms with Gasteiger partial charge in [0.05, 0.1) is 0 Å². The normalized spacial score (nSPS) is 10.4. The average molecular weight is 188 g/mol. The molecule has 1 aromatic heterocycles. The van der Waals surface area contributed by atoms with Crippen LogP contribution in [-0.4, -0.2) is 16.1 Å². The van der Waals surface area contributed by atoms with Gasteiger partial charge in [-0.15, -0.1) is 0 Å². The highest BCUT2D eigenvalue weighted by molar-refractivity contribution is 5.92. The van der Waals surface area contributed by atoms with Crippen molar-refractivity contribution in [1.82, 2.24) is 4.98 Å². The number of anilines is 1. The summed E-state index contributed by atoms with van der Waals surface area (Å²) in [4.78, 5) is 13.8. The van der Waals surface area contributed by atoms with Crippen molar-refractivity contribution in [2.45, 2.75) is 6.43 Å². The van der Waals surface area contributed by atoms with Crippen molar-refractivity contribution in [1.29, 1.82) is 0 Å². The van der Waals surface area contributed by atoms with Crippen LogP contribution in [-0.2, 0) is 0 Å². The number of hydrogen-bond acceptors (Lipinski definition) is 3. The van der Waals surface area contributed by atoms with E-state index in [1.807, 2.05) is 0 Å². The Labute approximate surface area is 72.0 Å². The number of halogens is 2. The van der Waals surface area contributed by atoms with Crippen molar-refractivity contribution in [3.05, 3.63) is 23.4 Å². The van der Waals surface area contributed by atoms with E-state index in [0.29, 0.717) is 0 Å². The van der Waals surface area contributed by atoms with E-state index in [1.165, 1.54) is 0 Å². The second kappa shape index (κ2) is 3.34. The lowest BCUT2D eigenvalue weighted by molar-refractivity contribution is 0.0697. The highest BCUT2D eigenvalue weighted by atomic mass is 19.3. The van der Waals surface area contributed by atoms with Crippen molar-refractivity contribution in [2.75, 3.05) is 5.73 Å². The number of aromatic carboxylic acids is 1. The second-order valence-corrected chi connectivity index (χ2v) is 2.31. The molecule has 0 aliphatic heterocycles. The minimum atomic E-state index is -2.74. The number of nitrogens with zero attached hydrogens (tertiary/aromatic N) is 1. The van der Waals surface area contributed by atoms with Crippen LogP contribution in [0.1, 0.15) is 22.3 Å². The van der Waals surface area contributed by atoms with Gasteiger partial charge in [-0.2, -0.15) is 0 Å². The van der Waals surface area contributed by atoms with Crippen LogP contribution in [0.15, 0.2) is 12.3 Å². The maximum atomic E-state index is 12.1. The summed E-state index contributed by atoms with van der Waals surface area (Å²) >= 11 is 0. The average Bonchev–Trinajstić information content (AvgIpc) is 2.04. The van der Waals surface area contributed by atoms with Gasteiger partial charge in [-0.1, -0.05) is 0 Å². The summed E-state index contributed by atoms with van der Waals surface area (Å²) in [6.07, 6.45) is -1.89. The highest BCUT2D eigenvalue weighted by Crippen LogP contribution is 2.20. The molecular weight excluding hydrogens is 182 g/mol. The van der Waals surface area contributed by atoms with Crippen LogP contribution in [0.25, 0.3) is 0 Å². The summed E-state index contributed by atoms with van der Waals surface area (Å²) in [5, 5.41) is 8.51. The van der Waals surface area contributed by atoms with Crippen LogP contribution < -0.4 is 5.73 Å². The lowest BCUT2D eigenvalue weighted by Crippen LogP contribution is -2.05. The third-order valence-corrected chi connectivity index (χ3v) is 1.42. The zero-order valence-corrected chi connectivity index (χ0v) is 6.37. The summed E-state index contributed by atoms with van der Waals surface area (Å²) in [6.45, 7) is 0. The molecular formula is C7H6F2N2O2. The largest absolute Gasteiger partial charge is 0.478 e. The predicted molar refractivity (Wildman–Crippen MR) is 40.6 cm³/mol. The topological polar surface area (TPSA) is 76.2 Å². The molecule has 13 heavy (non-hydrogen) atoms. The first-order chi connectivity index (χ1) is 6.02. The molecule has 0 bridgehead atoms. The van der Waals surface area contributed by atoms with Crippen molar-refractivity contribution in [2.24, 2.45) is 0 Å². The minimum Gasteiger partial charge on any atom is -0.478 e. The Morgan fingerprint density at radius 2 is 2.23 bits per heavy atom. The van der Waals surface area contributed by atoms with Gasteiger partial charge in [0.15, 0.2) is 0 Å². The molecule has 0 aliphatic rings. The van der Waals surface area contributed by atoms with Crippen LogP contribution in [0.5, 0.6) is 0 Å². The van der Waals surface area contributed by atoms with Crippen LogP contribution in [0.3, 0.4) is 0 Å². The van der Waals surface area contributed by atoms with E-state index >= 15 is 0 Å². The summed E-state index contributed by atoms with van der Waals surface area (Å²) < 4.78 is 24.1. The molecule has 0 unspecified atom stereocenters. The van der Waals surface area contributed by atoms with Crippen molar-refractivity contribution in [3.8, 4) is 0 Å². The van der Waals surface area contributed by atoms with E-state index in [1.54, 1.807) is 0 Å². The lowest BCUT2D eigenvalue weighted by Gasteiger charge is -2.02. The van der Waals surface area contributed by atoms with Gasteiger partial charge >= 0.3 is 5.97 Å². The molecule has 1 rings (SSSR count). The zero-order chi connectivity index (χ0) is 10.0. The Balaban J connectivity index is 3.19. The fourth-order valence-corrected chi connectivity index (χ4v) is 0.782. The molecule has 3 N–H and O–H groups in total. The number of carboxylic acids is 1. The lowest BCUT2D eigenvalue weighted by atomic mass is 10.2. The van der Waals surface area contributed by atoms with Crippen molar-refractivity contribution in [3.63, 3.8) is 0 Å². The van der Waals surface area contributed by atoms with Gasteiger partial charge < -0.3 is 10.8 Å². The van der Waals surface area contributed by atoms with E-state index < -0.39 is 23.5 Å². The summed E-state index contributed by atoms with van der Waals surface area (Å²) in [5.74, 6) is -1.63. The first-order valence-electron chi connectivity index (χ1n) is 3.29. The molecule has 4 nitrogen and oxygen atoms in total. The molecule has 0 fully saturated rings. The summed E-state index contributed by atoms with van der Waals surface area (Å²) in [7, 11) is 0. The highest BCUT2D eigenvalue weighted by Gasteiger charge is 2.14. The monoisotopic (exact) mass is 188 g/mol. The molecule has 0 amide bonds. The molecule has 0 atom stereocenters. The molecule has 1 heterocycles. The van der Waals surface area contributed by atoms with E-state index in [2.05, 4.69) is 4.98 Å². The first-order valence-corrected chi connectivity index (χ1v) is 3.29. The van der Waals surface area contributed by atoms with Crippen LogP contribution in [0.2, 0.25) is 0 Å². The predicted octanol–water partition coefficient (Wildman–Crippen LogP) is 1.30. The van der Waals surface area contributed by atoms with Gasteiger partial charge in [-0.05, 0) is 6.07 Å². The molecule has 0 saturated carbocycles. The summed E-state index contributed by atoms with van der Waals surface area (Å²) in [6, 6.07) is 0.815. The van der Waals surface area contributed by atoms with E-state index in [0.717, 1.165) is 12.3 Å². The van der Waals surface area contributed by atoms with E-state index in [-0.39, 0.29) is 5.82 Å². The minimum absolute atomic E-state index is 0.267. The molecule has 0 spiro atoms. The number of aromatic nitrogens is 1. The number of hydrogen-bond donors (Lipinski definition) is 2. The quantitative estimate of drug-likeness (QED) is 0.733. The third-order valence-electron chi connectivity index (χ3n) is 1.42. The van der Waals surface area contributed by atoms with Crippen LogP contribution in [0.4, 0.5) is 14.6 Å². The smallest absolute Gasteiger partial charge is 0.339 e. The Hall–Kier alpha value is -1.72. The molecule has 0 aromatic carbocycles.